The van der Waals surface area contributed by atoms with Crippen molar-refractivity contribution in [2.45, 2.75) is 38.5 Å². The normalized spacial score (nSPS) is 14.3. The second-order valence-electron chi connectivity index (χ2n) is 5.58. The molecule has 0 heterocycles. The van der Waals surface area contributed by atoms with Crippen molar-refractivity contribution >= 4 is 16.1 Å². The quantitative estimate of drug-likeness (QED) is 0.733. The summed E-state index contributed by atoms with van der Waals surface area (Å²) >= 11 is 0. The molecule has 1 rings (SSSR count). The van der Waals surface area contributed by atoms with Crippen LogP contribution in [-0.4, -0.2) is 42.3 Å². The van der Waals surface area contributed by atoms with Crippen LogP contribution in [0.25, 0.3) is 0 Å². The summed E-state index contributed by atoms with van der Waals surface area (Å²) in [6, 6.07) is 7.64. The van der Waals surface area contributed by atoms with Crippen molar-refractivity contribution in [2.75, 3.05) is 13.2 Å². The maximum Gasteiger partial charge on any atom is 0.355 e. The van der Waals surface area contributed by atoms with E-state index in [9.17, 15) is 18.3 Å². The molecule has 0 aliphatic carbocycles. The van der Waals surface area contributed by atoms with Gasteiger partial charge in [-0.05, 0) is 33.3 Å². The molecular weight excluding hydrogens is 320 g/mol. The van der Waals surface area contributed by atoms with E-state index >= 15 is 0 Å². The highest BCUT2D eigenvalue weighted by atomic mass is 32.2. The van der Waals surface area contributed by atoms with Crippen LogP contribution in [-0.2, 0) is 20.5 Å². The summed E-state index contributed by atoms with van der Waals surface area (Å²) in [5, 5.41) is 9.83. The molecule has 7 nitrogen and oxygen atoms in total. The van der Waals surface area contributed by atoms with Crippen LogP contribution < -0.4 is 5.48 Å². The Morgan fingerprint density at radius 2 is 1.91 bits per heavy atom. The Balaban J connectivity index is 3.13. The van der Waals surface area contributed by atoms with Crippen LogP contribution in [0.4, 0.5) is 4.79 Å². The topological polar surface area (TPSA) is 95.9 Å². The SMILES string of the molecule is CCONC(=O)N(CC(C)(O)c1ccccc1)S(=O)(=O)C(C)C. The lowest BCUT2D eigenvalue weighted by Crippen LogP contribution is -2.51. The minimum Gasteiger partial charge on any atom is -0.384 e. The number of benzene rings is 1. The van der Waals surface area contributed by atoms with E-state index in [4.69, 9.17) is 4.84 Å². The Hall–Kier alpha value is -1.64. The van der Waals surface area contributed by atoms with Crippen molar-refractivity contribution < 1.29 is 23.2 Å². The third-order valence-electron chi connectivity index (χ3n) is 3.28. The average Bonchev–Trinajstić information content (AvgIpc) is 2.51. The van der Waals surface area contributed by atoms with Crippen molar-refractivity contribution in [3.8, 4) is 0 Å². The second-order valence-corrected chi connectivity index (χ2v) is 7.99. The maximum absolute atomic E-state index is 12.4. The van der Waals surface area contributed by atoms with Gasteiger partial charge in [0.1, 0.15) is 5.60 Å². The number of hydroxylamine groups is 1. The van der Waals surface area contributed by atoms with Gasteiger partial charge < -0.3 is 5.11 Å². The molecule has 0 saturated carbocycles. The van der Waals surface area contributed by atoms with Crippen LogP contribution in [0.5, 0.6) is 0 Å². The molecule has 1 atom stereocenters. The zero-order chi connectivity index (χ0) is 17.7. The number of amides is 2. The predicted molar refractivity (Wildman–Crippen MR) is 86.9 cm³/mol. The number of sulfonamides is 1. The number of nitrogens with zero attached hydrogens (tertiary/aromatic N) is 1. The minimum atomic E-state index is -3.93. The fourth-order valence-electron chi connectivity index (χ4n) is 1.88. The van der Waals surface area contributed by atoms with E-state index in [2.05, 4.69) is 5.48 Å². The first-order chi connectivity index (χ1) is 10.6. The smallest absolute Gasteiger partial charge is 0.355 e. The Kier molecular flexibility index (Phi) is 6.55. The molecule has 8 heteroatoms. The van der Waals surface area contributed by atoms with Gasteiger partial charge in [-0.25, -0.2) is 23.0 Å². The first kappa shape index (κ1) is 19.4. The van der Waals surface area contributed by atoms with Crippen LogP contribution in [0, 0.1) is 0 Å². The summed E-state index contributed by atoms with van der Waals surface area (Å²) in [7, 11) is -3.93. The van der Waals surface area contributed by atoms with E-state index in [0.717, 1.165) is 0 Å². The van der Waals surface area contributed by atoms with E-state index in [1.807, 2.05) is 0 Å². The fraction of sp³-hybridized carbons (Fsp3) is 0.533. The van der Waals surface area contributed by atoms with E-state index < -0.39 is 33.5 Å². The predicted octanol–water partition coefficient (Wildman–Crippen LogP) is 1.60. The number of hydrogen-bond acceptors (Lipinski definition) is 5. The van der Waals surface area contributed by atoms with Gasteiger partial charge in [-0.3, -0.25) is 4.84 Å². The lowest BCUT2D eigenvalue weighted by atomic mass is 9.96. The highest BCUT2D eigenvalue weighted by molar-refractivity contribution is 7.90. The molecule has 0 spiro atoms. The highest BCUT2D eigenvalue weighted by Crippen LogP contribution is 2.24. The van der Waals surface area contributed by atoms with Gasteiger partial charge in [-0.1, -0.05) is 30.3 Å². The number of nitrogens with one attached hydrogen (secondary N) is 1. The molecule has 1 unspecified atom stereocenters. The molecule has 23 heavy (non-hydrogen) atoms. The largest absolute Gasteiger partial charge is 0.384 e. The Morgan fingerprint density at radius 1 is 1.35 bits per heavy atom. The van der Waals surface area contributed by atoms with Gasteiger partial charge >= 0.3 is 6.03 Å². The summed E-state index contributed by atoms with van der Waals surface area (Å²) in [4.78, 5) is 16.9. The van der Waals surface area contributed by atoms with Gasteiger partial charge in [0.15, 0.2) is 0 Å². The van der Waals surface area contributed by atoms with Crippen molar-refractivity contribution in [1.82, 2.24) is 9.79 Å². The monoisotopic (exact) mass is 344 g/mol. The van der Waals surface area contributed by atoms with Crippen molar-refractivity contribution in [3.05, 3.63) is 35.9 Å². The third kappa shape index (κ3) is 4.92. The number of urea groups is 1. The van der Waals surface area contributed by atoms with Crippen LogP contribution >= 0.6 is 0 Å². The number of hydrogen-bond donors (Lipinski definition) is 2. The van der Waals surface area contributed by atoms with Crippen LogP contribution in [0.1, 0.15) is 33.3 Å². The number of rotatable bonds is 7. The van der Waals surface area contributed by atoms with Crippen molar-refractivity contribution in [3.63, 3.8) is 0 Å². The molecule has 2 amide bonds. The van der Waals surface area contributed by atoms with Crippen molar-refractivity contribution in [1.29, 1.82) is 0 Å². The summed E-state index contributed by atoms with van der Waals surface area (Å²) < 4.78 is 25.5. The zero-order valence-corrected chi connectivity index (χ0v) is 14.6. The summed E-state index contributed by atoms with van der Waals surface area (Å²) in [5.74, 6) is 0. The summed E-state index contributed by atoms with van der Waals surface area (Å²) in [6.45, 7) is 5.81. The molecule has 2 N–H and O–H groups in total. The third-order valence-corrected chi connectivity index (χ3v) is 5.38. The molecule has 1 aromatic carbocycles. The molecule has 0 fully saturated rings. The highest BCUT2D eigenvalue weighted by Gasteiger charge is 2.37. The standard InChI is InChI=1S/C15H24N2O5S/c1-5-22-16-14(18)17(23(20,21)12(2)3)11-15(4,19)13-9-7-6-8-10-13/h6-10,12,19H,5,11H2,1-4H3,(H,16,18). The van der Waals surface area contributed by atoms with E-state index in [0.29, 0.717) is 9.87 Å². The Bertz CT molecular complexity index is 614. The lowest BCUT2D eigenvalue weighted by molar-refractivity contribution is 0.0286. The van der Waals surface area contributed by atoms with Gasteiger partial charge in [0.05, 0.1) is 18.4 Å². The van der Waals surface area contributed by atoms with Crippen molar-refractivity contribution in [2.24, 2.45) is 0 Å². The van der Waals surface area contributed by atoms with E-state index in [-0.39, 0.29) is 6.61 Å². The first-order valence-corrected chi connectivity index (χ1v) is 8.84. The minimum absolute atomic E-state index is 0.191. The number of carbonyl (C=O) groups excluding carboxylic acids is 1. The number of carbonyl (C=O) groups is 1. The van der Waals surface area contributed by atoms with E-state index in [1.54, 1.807) is 37.3 Å². The molecule has 0 aromatic heterocycles. The van der Waals surface area contributed by atoms with Gasteiger partial charge in [0.2, 0.25) is 10.0 Å². The summed E-state index contributed by atoms with van der Waals surface area (Å²) in [6.07, 6.45) is 0. The first-order valence-electron chi connectivity index (χ1n) is 7.34. The van der Waals surface area contributed by atoms with Crippen LogP contribution in [0.15, 0.2) is 30.3 Å². The van der Waals surface area contributed by atoms with Gasteiger partial charge in [-0.15, -0.1) is 0 Å². The molecule has 1 aromatic rings. The molecular formula is C15H24N2O5S. The van der Waals surface area contributed by atoms with Gasteiger partial charge in [-0.2, -0.15) is 0 Å². The zero-order valence-electron chi connectivity index (χ0n) is 13.8. The lowest BCUT2D eigenvalue weighted by Gasteiger charge is -2.32. The average molecular weight is 344 g/mol. The van der Waals surface area contributed by atoms with E-state index in [1.165, 1.54) is 20.8 Å². The van der Waals surface area contributed by atoms with Gasteiger partial charge in [0, 0.05) is 0 Å². The molecule has 0 bridgehead atoms. The molecule has 0 radical (unpaired) electrons. The Morgan fingerprint density at radius 3 is 2.39 bits per heavy atom. The van der Waals surface area contributed by atoms with Gasteiger partial charge in [0.25, 0.3) is 0 Å². The second kappa shape index (κ2) is 7.76. The molecule has 0 saturated heterocycles. The van der Waals surface area contributed by atoms with Crippen LogP contribution in [0.3, 0.4) is 0 Å². The fourth-order valence-corrected chi connectivity index (χ4v) is 3.09. The molecule has 0 aliphatic heterocycles. The summed E-state index contributed by atoms with van der Waals surface area (Å²) in [5.41, 5.74) is 1.04. The molecule has 0 aliphatic rings. The van der Waals surface area contributed by atoms with Crippen LogP contribution in [0.2, 0.25) is 0 Å². The maximum atomic E-state index is 12.4. The molecule has 130 valence electrons. The number of aliphatic hydroxyl groups is 1. The Labute approximate surface area is 137 Å².